The molecule has 0 N–H and O–H groups in total. The van der Waals surface area contributed by atoms with E-state index in [0.717, 1.165) is 25.8 Å². The molecule has 2 aliphatic heterocycles. The molecule has 2 saturated heterocycles. The van der Waals surface area contributed by atoms with Gasteiger partial charge >= 0.3 is 12.0 Å². The lowest BCUT2D eigenvalue weighted by molar-refractivity contribution is -0.163. The van der Waals surface area contributed by atoms with Crippen molar-refractivity contribution in [3.8, 4) is 0 Å². The summed E-state index contributed by atoms with van der Waals surface area (Å²) in [4.78, 5) is 27.0. The van der Waals surface area contributed by atoms with Crippen LogP contribution in [0.15, 0.2) is 0 Å². The monoisotopic (exact) mass is 240 g/mol. The zero-order valence-corrected chi connectivity index (χ0v) is 10.7. The highest BCUT2D eigenvalue weighted by atomic mass is 16.6. The predicted octanol–water partition coefficient (Wildman–Crippen LogP) is 1.43. The van der Waals surface area contributed by atoms with Gasteiger partial charge in [-0.1, -0.05) is 13.8 Å². The molecule has 2 fully saturated rings. The summed E-state index contributed by atoms with van der Waals surface area (Å²) in [5.74, 6) is -0.388. The Kier molecular flexibility index (Phi) is 3.26. The van der Waals surface area contributed by atoms with Gasteiger partial charge in [0.25, 0.3) is 0 Å². The Hall–Kier alpha value is -1.26. The standard InChI is InChI=1S/C12H20N2O3/c1-8(2)11(15)17-10-7-9-5-4-6-14(9)12(16)13(10)3/h8-10H,4-7H2,1-3H3. The predicted molar refractivity (Wildman–Crippen MR) is 62.2 cm³/mol. The third kappa shape index (κ3) is 2.23. The number of rotatable bonds is 2. The molecular weight excluding hydrogens is 220 g/mol. The molecule has 0 aromatic carbocycles. The molecule has 0 spiro atoms. The van der Waals surface area contributed by atoms with Gasteiger partial charge in [-0.2, -0.15) is 0 Å². The molecule has 2 aliphatic rings. The van der Waals surface area contributed by atoms with Crippen molar-refractivity contribution in [1.29, 1.82) is 0 Å². The van der Waals surface area contributed by atoms with Crippen LogP contribution in [0.4, 0.5) is 4.79 Å². The van der Waals surface area contributed by atoms with E-state index < -0.39 is 6.23 Å². The number of esters is 1. The quantitative estimate of drug-likeness (QED) is 0.686. The van der Waals surface area contributed by atoms with E-state index in [0.29, 0.717) is 0 Å². The number of amides is 2. The Balaban J connectivity index is 2.03. The highest BCUT2D eigenvalue weighted by molar-refractivity contribution is 5.77. The van der Waals surface area contributed by atoms with E-state index in [4.69, 9.17) is 4.74 Å². The molecule has 2 rings (SSSR count). The van der Waals surface area contributed by atoms with E-state index in [-0.39, 0.29) is 24.0 Å². The molecule has 0 aliphatic carbocycles. The molecular formula is C12H20N2O3. The average molecular weight is 240 g/mol. The molecule has 0 saturated carbocycles. The second-order valence-corrected chi connectivity index (χ2v) is 5.16. The molecule has 2 heterocycles. The van der Waals surface area contributed by atoms with Gasteiger partial charge in [-0.15, -0.1) is 0 Å². The SMILES string of the molecule is CC(C)C(=O)OC1CC2CCCN2C(=O)N1C. The maximum Gasteiger partial charge on any atom is 0.322 e. The van der Waals surface area contributed by atoms with Crippen LogP contribution in [0.25, 0.3) is 0 Å². The first kappa shape index (κ1) is 12.2. The van der Waals surface area contributed by atoms with Crippen LogP contribution in [0.5, 0.6) is 0 Å². The maximum atomic E-state index is 12.0. The van der Waals surface area contributed by atoms with Gasteiger partial charge in [0, 0.05) is 26.1 Å². The first-order valence-corrected chi connectivity index (χ1v) is 6.24. The number of fused-ring (bicyclic) bond motifs is 1. The van der Waals surface area contributed by atoms with Crippen molar-refractivity contribution < 1.29 is 14.3 Å². The summed E-state index contributed by atoms with van der Waals surface area (Å²) >= 11 is 0. The number of carbonyl (C=O) groups excluding carboxylic acids is 2. The minimum Gasteiger partial charge on any atom is -0.441 e. The fraction of sp³-hybridized carbons (Fsp3) is 0.833. The smallest absolute Gasteiger partial charge is 0.322 e. The van der Waals surface area contributed by atoms with Crippen LogP contribution in [0.1, 0.15) is 33.1 Å². The highest BCUT2D eigenvalue weighted by Crippen LogP contribution is 2.29. The van der Waals surface area contributed by atoms with E-state index in [1.165, 1.54) is 0 Å². The number of carbonyl (C=O) groups is 2. The van der Waals surface area contributed by atoms with Gasteiger partial charge < -0.3 is 9.64 Å². The molecule has 0 bridgehead atoms. The lowest BCUT2D eigenvalue weighted by Gasteiger charge is -2.40. The number of nitrogens with zero attached hydrogens (tertiary/aromatic N) is 2. The lowest BCUT2D eigenvalue weighted by atomic mass is 10.1. The fourth-order valence-corrected chi connectivity index (χ4v) is 2.45. The summed E-state index contributed by atoms with van der Waals surface area (Å²) in [5, 5.41) is 0. The summed E-state index contributed by atoms with van der Waals surface area (Å²) in [7, 11) is 1.70. The largest absolute Gasteiger partial charge is 0.441 e. The lowest BCUT2D eigenvalue weighted by Crippen LogP contribution is -2.56. The fourth-order valence-electron chi connectivity index (χ4n) is 2.45. The Morgan fingerprint density at radius 2 is 2.18 bits per heavy atom. The molecule has 2 atom stereocenters. The Morgan fingerprint density at radius 3 is 2.82 bits per heavy atom. The van der Waals surface area contributed by atoms with Crippen molar-refractivity contribution in [1.82, 2.24) is 9.80 Å². The number of hydrogen-bond acceptors (Lipinski definition) is 3. The molecule has 2 amide bonds. The first-order valence-electron chi connectivity index (χ1n) is 6.24. The van der Waals surface area contributed by atoms with E-state index in [1.807, 2.05) is 4.90 Å². The second kappa shape index (κ2) is 4.55. The summed E-state index contributed by atoms with van der Waals surface area (Å²) in [5.41, 5.74) is 0. The van der Waals surface area contributed by atoms with Crippen LogP contribution in [0.3, 0.4) is 0 Å². The Morgan fingerprint density at radius 1 is 1.47 bits per heavy atom. The van der Waals surface area contributed by atoms with Gasteiger partial charge in [0.15, 0.2) is 6.23 Å². The van der Waals surface area contributed by atoms with E-state index in [9.17, 15) is 9.59 Å². The molecule has 0 aromatic rings. The molecule has 96 valence electrons. The number of ether oxygens (including phenoxy) is 1. The summed E-state index contributed by atoms with van der Waals surface area (Å²) in [6, 6.07) is 0.240. The third-order valence-electron chi connectivity index (χ3n) is 3.55. The van der Waals surface area contributed by atoms with Gasteiger partial charge in [0.2, 0.25) is 0 Å². The molecule has 17 heavy (non-hydrogen) atoms. The first-order chi connectivity index (χ1) is 8.00. The molecule has 5 heteroatoms. The molecule has 0 radical (unpaired) electrons. The molecule has 0 aromatic heterocycles. The van der Waals surface area contributed by atoms with Crippen LogP contribution < -0.4 is 0 Å². The minimum absolute atomic E-state index is 0.0136. The van der Waals surface area contributed by atoms with Crippen LogP contribution in [0, 0.1) is 5.92 Å². The minimum atomic E-state index is -0.392. The van der Waals surface area contributed by atoms with E-state index >= 15 is 0 Å². The van der Waals surface area contributed by atoms with E-state index in [1.54, 1.807) is 25.8 Å². The normalized spacial score (nSPS) is 28.6. The van der Waals surface area contributed by atoms with Crippen molar-refractivity contribution in [3.05, 3.63) is 0 Å². The third-order valence-corrected chi connectivity index (χ3v) is 3.55. The van der Waals surface area contributed by atoms with Gasteiger partial charge in [-0.25, -0.2) is 4.79 Å². The Labute approximate surface area is 102 Å². The van der Waals surface area contributed by atoms with Crippen molar-refractivity contribution in [2.45, 2.75) is 45.4 Å². The van der Waals surface area contributed by atoms with Crippen molar-refractivity contribution in [2.24, 2.45) is 5.92 Å². The van der Waals surface area contributed by atoms with Crippen LogP contribution in [0.2, 0.25) is 0 Å². The molecule has 5 nitrogen and oxygen atoms in total. The van der Waals surface area contributed by atoms with Gasteiger partial charge in [0.1, 0.15) is 0 Å². The zero-order valence-electron chi connectivity index (χ0n) is 10.7. The van der Waals surface area contributed by atoms with Crippen molar-refractivity contribution >= 4 is 12.0 Å². The van der Waals surface area contributed by atoms with Crippen molar-refractivity contribution in [2.75, 3.05) is 13.6 Å². The summed E-state index contributed by atoms with van der Waals surface area (Å²) in [6.45, 7) is 4.43. The highest BCUT2D eigenvalue weighted by Gasteiger charge is 2.41. The second-order valence-electron chi connectivity index (χ2n) is 5.16. The van der Waals surface area contributed by atoms with Crippen LogP contribution >= 0.6 is 0 Å². The number of urea groups is 1. The summed E-state index contributed by atoms with van der Waals surface area (Å²) in [6.07, 6.45) is 2.42. The average Bonchev–Trinajstić information content (AvgIpc) is 2.73. The Bertz CT molecular complexity index is 330. The van der Waals surface area contributed by atoms with Gasteiger partial charge in [0.05, 0.1) is 5.92 Å². The van der Waals surface area contributed by atoms with Gasteiger partial charge in [-0.3, -0.25) is 9.69 Å². The number of hydrogen-bond donors (Lipinski definition) is 0. The summed E-state index contributed by atoms with van der Waals surface area (Å²) < 4.78 is 5.38. The van der Waals surface area contributed by atoms with Crippen molar-refractivity contribution in [3.63, 3.8) is 0 Å². The van der Waals surface area contributed by atoms with Gasteiger partial charge in [-0.05, 0) is 12.8 Å². The maximum absolute atomic E-state index is 12.0. The topological polar surface area (TPSA) is 49.9 Å². The zero-order chi connectivity index (χ0) is 12.6. The van der Waals surface area contributed by atoms with E-state index in [2.05, 4.69) is 0 Å². The molecule has 2 unspecified atom stereocenters. The van der Waals surface area contributed by atoms with Crippen LogP contribution in [-0.4, -0.2) is 47.7 Å². The van der Waals surface area contributed by atoms with Crippen LogP contribution in [-0.2, 0) is 9.53 Å².